The SMILES string of the molecule is C=CC1CC(=O)N(c2c(C(=O)OCC)cnn2CCO)C1. The second-order valence-corrected chi connectivity index (χ2v) is 4.75. The minimum absolute atomic E-state index is 0.0463. The molecule has 0 saturated carbocycles. The molecule has 1 aliphatic rings. The van der Waals surface area contributed by atoms with Crippen LogP contribution >= 0.6 is 0 Å². The van der Waals surface area contributed by atoms with E-state index in [2.05, 4.69) is 11.7 Å². The van der Waals surface area contributed by atoms with Gasteiger partial charge in [0.05, 0.1) is 26.0 Å². The number of aliphatic hydroxyl groups excluding tert-OH is 1. The normalized spacial score (nSPS) is 18.1. The number of aliphatic hydroxyl groups is 1. The van der Waals surface area contributed by atoms with E-state index < -0.39 is 5.97 Å². The Hall–Kier alpha value is -2.15. The molecule has 1 atom stereocenters. The molecule has 7 nitrogen and oxygen atoms in total. The molecule has 7 heteroatoms. The number of nitrogens with zero attached hydrogens (tertiary/aromatic N) is 3. The first-order valence-electron chi connectivity index (χ1n) is 6.89. The van der Waals surface area contributed by atoms with E-state index >= 15 is 0 Å². The number of ether oxygens (including phenoxy) is 1. The van der Waals surface area contributed by atoms with Crippen LogP contribution in [0.5, 0.6) is 0 Å². The van der Waals surface area contributed by atoms with E-state index in [9.17, 15) is 9.59 Å². The first-order valence-corrected chi connectivity index (χ1v) is 6.89. The average molecular weight is 293 g/mol. The Morgan fingerprint density at radius 3 is 3.00 bits per heavy atom. The number of carbonyl (C=O) groups excluding carboxylic acids is 2. The lowest BCUT2D eigenvalue weighted by molar-refractivity contribution is -0.117. The van der Waals surface area contributed by atoms with Crippen molar-refractivity contribution in [3.05, 3.63) is 24.4 Å². The monoisotopic (exact) mass is 293 g/mol. The molecule has 2 rings (SSSR count). The van der Waals surface area contributed by atoms with Crippen molar-refractivity contribution in [1.82, 2.24) is 9.78 Å². The zero-order chi connectivity index (χ0) is 15.4. The summed E-state index contributed by atoms with van der Waals surface area (Å²) in [6, 6.07) is 0. The Bertz CT molecular complexity index is 552. The quantitative estimate of drug-likeness (QED) is 0.613. The highest BCUT2D eigenvalue weighted by molar-refractivity contribution is 6.02. The van der Waals surface area contributed by atoms with Gasteiger partial charge in [-0.25, -0.2) is 9.48 Å². The molecular weight excluding hydrogens is 274 g/mol. The molecule has 0 spiro atoms. The van der Waals surface area contributed by atoms with E-state index in [4.69, 9.17) is 9.84 Å². The Kier molecular flexibility index (Phi) is 4.74. The number of rotatable bonds is 6. The zero-order valence-electron chi connectivity index (χ0n) is 12.0. The third kappa shape index (κ3) is 2.97. The van der Waals surface area contributed by atoms with Crippen molar-refractivity contribution in [2.24, 2.45) is 5.92 Å². The highest BCUT2D eigenvalue weighted by atomic mass is 16.5. The van der Waals surface area contributed by atoms with Crippen molar-refractivity contribution < 1.29 is 19.4 Å². The molecule has 21 heavy (non-hydrogen) atoms. The number of carbonyl (C=O) groups is 2. The number of amides is 1. The maximum atomic E-state index is 12.2. The lowest BCUT2D eigenvalue weighted by Crippen LogP contribution is -2.29. The summed E-state index contributed by atoms with van der Waals surface area (Å²) in [5.41, 5.74) is 0.239. The van der Waals surface area contributed by atoms with Gasteiger partial charge in [0.15, 0.2) is 0 Å². The summed E-state index contributed by atoms with van der Waals surface area (Å²) < 4.78 is 6.45. The first kappa shape index (κ1) is 15.2. The maximum Gasteiger partial charge on any atom is 0.343 e. The van der Waals surface area contributed by atoms with Crippen LogP contribution in [0.4, 0.5) is 5.82 Å². The van der Waals surface area contributed by atoms with Gasteiger partial charge in [0.25, 0.3) is 0 Å². The molecule has 1 N–H and O–H groups in total. The van der Waals surface area contributed by atoms with Crippen LogP contribution < -0.4 is 4.90 Å². The second-order valence-electron chi connectivity index (χ2n) is 4.75. The predicted octanol–water partition coefficient (Wildman–Crippen LogP) is 0.591. The first-order chi connectivity index (χ1) is 10.1. The lowest BCUT2D eigenvalue weighted by atomic mass is 10.1. The van der Waals surface area contributed by atoms with Crippen LogP contribution in [0, 0.1) is 5.92 Å². The molecule has 1 aliphatic heterocycles. The number of anilines is 1. The molecule has 114 valence electrons. The van der Waals surface area contributed by atoms with E-state index in [-0.39, 0.29) is 37.1 Å². The van der Waals surface area contributed by atoms with Crippen LogP contribution in [0.2, 0.25) is 0 Å². The van der Waals surface area contributed by atoms with Gasteiger partial charge in [0.2, 0.25) is 5.91 Å². The summed E-state index contributed by atoms with van der Waals surface area (Å²) in [5, 5.41) is 13.2. The fraction of sp³-hybridized carbons (Fsp3) is 0.500. The summed E-state index contributed by atoms with van der Waals surface area (Å²) in [4.78, 5) is 25.7. The van der Waals surface area contributed by atoms with Gasteiger partial charge in [0, 0.05) is 18.9 Å². The molecule has 0 aliphatic carbocycles. The largest absolute Gasteiger partial charge is 0.462 e. The topological polar surface area (TPSA) is 84.7 Å². The Labute approximate surface area is 122 Å². The summed E-state index contributed by atoms with van der Waals surface area (Å²) in [5.74, 6) is -0.182. The van der Waals surface area contributed by atoms with Crippen molar-refractivity contribution in [3.63, 3.8) is 0 Å². The van der Waals surface area contributed by atoms with Gasteiger partial charge in [-0.3, -0.25) is 9.69 Å². The van der Waals surface area contributed by atoms with Crippen LogP contribution in [0.15, 0.2) is 18.9 Å². The van der Waals surface area contributed by atoms with Crippen LogP contribution in [-0.2, 0) is 16.1 Å². The number of aromatic nitrogens is 2. The van der Waals surface area contributed by atoms with Crippen LogP contribution in [0.3, 0.4) is 0 Å². The Morgan fingerprint density at radius 2 is 2.43 bits per heavy atom. The van der Waals surface area contributed by atoms with Crippen LogP contribution in [-0.4, -0.2) is 46.5 Å². The predicted molar refractivity (Wildman–Crippen MR) is 75.9 cm³/mol. The third-order valence-corrected chi connectivity index (χ3v) is 3.36. The average Bonchev–Trinajstić information content (AvgIpc) is 3.03. The summed E-state index contributed by atoms with van der Waals surface area (Å²) >= 11 is 0. The highest BCUT2D eigenvalue weighted by Gasteiger charge is 2.34. The Morgan fingerprint density at radius 1 is 1.67 bits per heavy atom. The molecule has 1 aromatic rings. The van der Waals surface area contributed by atoms with Crippen molar-refractivity contribution >= 4 is 17.7 Å². The summed E-state index contributed by atoms with van der Waals surface area (Å²) in [6.45, 7) is 6.18. The minimum atomic E-state index is -0.522. The summed E-state index contributed by atoms with van der Waals surface area (Å²) in [7, 11) is 0. The van der Waals surface area contributed by atoms with Gasteiger partial charge in [-0.1, -0.05) is 6.08 Å². The highest BCUT2D eigenvalue weighted by Crippen LogP contribution is 2.29. The van der Waals surface area contributed by atoms with E-state index in [1.807, 2.05) is 0 Å². The molecule has 2 heterocycles. The third-order valence-electron chi connectivity index (χ3n) is 3.36. The Balaban J connectivity index is 2.39. The molecule has 1 fully saturated rings. The molecule has 0 aromatic carbocycles. The van der Waals surface area contributed by atoms with Gasteiger partial charge in [-0.15, -0.1) is 6.58 Å². The minimum Gasteiger partial charge on any atom is -0.462 e. The lowest BCUT2D eigenvalue weighted by Gasteiger charge is -2.19. The second kappa shape index (κ2) is 6.53. The van der Waals surface area contributed by atoms with Crippen molar-refractivity contribution in [2.45, 2.75) is 19.9 Å². The molecule has 0 radical (unpaired) electrons. The standard InChI is InChI=1S/C14H19N3O4/c1-3-10-7-12(19)16(9-10)13-11(14(20)21-4-2)8-15-17(13)5-6-18/h3,8,10,18H,1,4-7,9H2,2H3. The van der Waals surface area contributed by atoms with Gasteiger partial charge in [-0.2, -0.15) is 5.10 Å². The van der Waals surface area contributed by atoms with Crippen molar-refractivity contribution in [1.29, 1.82) is 0 Å². The molecule has 0 bridgehead atoms. The number of hydrogen-bond donors (Lipinski definition) is 1. The molecule has 1 aromatic heterocycles. The van der Waals surface area contributed by atoms with E-state index in [0.717, 1.165) is 0 Å². The number of esters is 1. The molecule has 1 unspecified atom stereocenters. The maximum absolute atomic E-state index is 12.2. The van der Waals surface area contributed by atoms with Crippen molar-refractivity contribution in [2.75, 3.05) is 24.7 Å². The van der Waals surface area contributed by atoms with Crippen molar-refractivity contribution in [3.8, 4) is 0 Å². The number of hydrogen-bond acceptors (Lipinski definition) is 5. The fourth-order valence-corrected chi connectivity index (χ4v) is 2.37. The van der Waals surface area contributed by atoms with Gasteiger partial charge in [-0.05, 0) is 6.92 Å². The van der Waals surface area contributed by atoms with Gasteiger partial charge >= 0.3 is 5.97 Å². The molecule has 1 saturated heterocycles. The van der Waals surface area contributed by atoms with Crippen LogP contribution in [0.1, 0.15) is 23.7 Å². The van der Waals surface area contributed by atoms with Crippen LogP contribution in [0.25, 0.3) is 0 Å². The molecular formula is C14H19N3O4. The van der Waals surface area contributed by atoms with Gasteiger partial charge < -0.3 is 9.84 Å². The van der Waals surface area contributed by atoms with E-state index in [1.54, 1.807) is 13.0 Å². The van der Waals surface area contributed by atoms with Gasteiger partial charge in [0.1, 0.15) is 11.4 Å². The molecule has 1 amide bonds. The zero-order valence-corrected chi connectivity index (χ0v) is 12.0. The smallest absolute Gasteiger partial charge is 0.343 e. The summed E-state index contributed by atoms with van der Waals surface area (Å²) in [6.07, 6.45) is 3.46. The van der Waals surface area contributed by atoms with E-state index in [1.165, 1.54) is 15.8 Å². The fourth-order valence-electron chi connectivity index (χ4n) is 2.37. The van der Waals surface area contributed by atoms with E-state index in [0.29, 0.717) is 18.8 Å².